The molecule has 0 spiro atoms. The molecule has 0 unspecified atom stereocenters. The molecule has 1 heterocycles. The quantitative estimate of drug-likeness (QED) is 0.785. The van der Waals surface area contributed by atoms with Gasteiger partial charge in [-0.05, 0) is 48.8 Å². The molecule has 126 valence electrons. The first-order valence-electron chi connectivity index (χ1n) is 7.98. The lowest BCUT2D eigenvalue weighted by Crippen LogP contribution is -2.46. The number of thiocarbonyl (C=S) groups is 1. The van der Waals surface area contributed by atoms with Crippen LogP contribution in [0, 0.1) is 0 Å². The molecular formula is C18H20ClN3OS. The highest BCUT2D eigenvalue weighted by Crippen LogP contribution is 2.41. The second kappa shape index (κ2) is 7.36. The summed E-state index contributed by atoms with van der Waals surface area (Å²) in [5.41, 5.74) is 0.867. The van der Waals surface area contributed by atoms with Crippen molar-refractivity contribution >= 4 is 34.7 Å². The molecule has 1 fully saturated rings. The van der Waals surface area contributed by atoms with Gasteiger partial charge in [-0.25, -0.2) is 4.98 Å². The van der Waals surface area contributed by atoms with Crippen LogP contribution in [0.5, 0.6) is 5.75 Å². The Hall–Kier alpha value is -1.85. The summed E-state index contributed by atoms with van der Waals surface area (Å²) in [5.74, 6) is 1.25. The van der Waals surface area contributed by atoms with Crippen LogP contribution in [0.3, 0.4) is 0 Å². The lowest BCUT2D eigenvalue weighted by Gasteiger charge is -2.33. The van der Waals surface area contributed by atoms with Crippen molar-refractivity contribution in [1.82, 2.24) is 10.3 Å². The third-order valence-corrected chi connectivity index (χ3v) is 4.96. The fourth-order valence-electron chi connectivity index (χ4n) is 3.29. The molecule has 0 bridgehead atoms. The SMILES string of the molecule is COc1cccnc1NC(=S)NC1(c2ccccc2Cl)CCCC1. The van der Waals surface area contributed by atoms with E-state index >= 15 is 0 Å². The highest BCUT2D eigenvalue weighted by atomic mass is 35.5. The average Bonchev–Trinajstić information content (AvgIpc) is 3.05. The lowest BCUT2D eigenvalue weighted by atomic mass is 9.88. The normalized spacial score (nSPS) is 15.8. The molecule has 0 aliphatic heterocycles. The number of hydrogen-bond donors (Lipinski definition) is 2. The number of nitrogens with zero attached hydrogens (tertiary/aromatic N) is 1. The minimum Gasteiger partial charge on any atom is -0.493 e. The van der Waals surface area contributed by atoms with Gasteiger partial charge in [-0.15, -0.1) is 0 Å². The monoisotopic (exact) mass is 361 g/mol. The van der Waals surface area contributed by atoms with Gasteiger partial charge in [0, 0.05) is 11.2 Å². The first-order chi connectivity index (χ1) is 11.6. The summed E-state index contributed by atoms with van der Waals surface area (Å²) in [6.45, 7) is 0. The third kappa shape index (κ3) is 3.47. The smallest absolute Gasteiger partial charge is 0.174 e. The number of halogens is 1. The predicted molar refractivity (Wildman–Crippen MR) is 102 cm³/mol. The largest absolute Gasteiger partial charge is 0.493 e. The second-order valence-corrected chi connectivity index (χ2v) is 6.72. The maximum Gasteiger partial charge on any atom is 0.174 e. The molecule has 1 aliphatic rings. The Morgan fingerprint density at radius 1 is 1.21 bits per heavy atom. The van der Waals surface area contributed by atoms with Gasteiger partial charge in [0.25, 0.3) is 0 Å². The fraction of sp³-hybridized carbons (Fsp3) is 0.333. The topological polar surface area (TPSA) is 46.2 Å². The molecule has 0 saturated heterocycles. The summed E-state index contributed by atoms with van der Waals surface area (Å²) in [7, 11) is 1.61. The van der Waals surface area contributed by atoms with Crippen molar-refractivity contribution < 1.29 is 4.74 Å². The van der Waals surface area contributed by atoms with Crippen molar-refractivity contribution in [2.24, 2.45) is 0 Å². The zero-order valence-electron chi connectivity index (χ0n) is 13.5. The van der Waals surface area contributed by atoms with Crippen LogP contribution < -0.4 is 15.4 Å². The van der Waals surface area contributed by atoms with E-state index in [-0.39, 0.29) is 5.54 Å². The van der Waals surface area contributed by atoms with E-state index in [1.807, 2.05) is 30.3 Å². The van der Waals surface area contributed by atoms with Gasteiger partial charge in [-0.2, -0.15) is 0 Å². The standard InChI is InChI=1S/C18H20ClN3OS/c1-23-15-9-6-12-20-16(15)21-17(24)22-18(10-4-5-11-18)13-7-2-3-8-14(13)19/h2-3,6-9,12H,4-5,10-11H2,1H3,(H2,20,21,22,24). The predicted octanol–water partition coefficient (Wildman–Crippen LogP) is 4.50. The molecule has 24 heavy (non-hydrogen) atoms. The van der Waals surface area contributed by atoms with Crippen LogP contribution in [-0.2, 0) is 5.54 Å². The molecule has 0 atom stereocenters. The van der Waals surface area contributed by atoms with Crippen molar-refractivity contribution in [1.29, 1.82) is 0 Å². The first-order valence-corrected chi connectivity index (χ1v) is 8.76. The molecule has 2 aromatic rings. The van der Waals surface area contributed by atoms with Crippen molar-refractivity contribution in [3.63, 3.8) is 0 Å². The Bertz CT molecular complexity index is 732. The molecule has 4 nitrogen and oxygen atoms in total. The van der Waals surface area contributed by atoms with Crippen molar-refractivity contribution in [2.75, 3.05) is 12.4 Å². The second-order valence-electron chi connectivity index (χ2n) is 5.90. The number of ether oxygens (including phenoxy) is 1. The number of rotatable bonds is 4. The van der Waals surface area contributed by atoms with Gasteiger partial charge in [0.1, 0.15) is 0 Å². The van der Waals surface area contributed by atoms with Gasteiger partial charge in [-0.1, -0.05) is 42.6 Å². The molecule has 2 N–H and O–H groups in total. The van der Waals surface area contributed by atoms with Gasteiger partial charge < -0.3 is 15.4 Å². The number of aromatic nitrogens is 1. The Balaban J connectivity index is 1.82. The molecule has 0 amide bonds. The zero-order chi connectivity index (χ0) is 17.0. The lowest BCUT2D eigenvalue weighted by molar-refractivity contribution is 0.407. The summed E-state index contributed by atoms with van der Waals surface area (Å²) in [6, 6.07) is 11.6. The van der Waals surface area contributed by atoms with E-state index < -0.39 is 0 Å². The molecule has 0 radical (unpaired) electrons. The Labute approximate surface area is 152 Å². The van der Waals surface area contributed by atoms with Crippen LogP contribution in [-0.4, -0.2) is 17.2 Å². The zero-order valence-corrected chi connectivity index (χ0v) is 15.1. The highest BCUT2D eigenvalue weighted by Gasteiger charge is 2.37. The van der Waals surface area contributed by atoms with E-state index in [0.717, 1.165) is 36.3 Å². The molecule has 3 rings (SSSR count). The van der Waals surface area contributed by atoms with Crippen molar-refractivity contribution in [3.8, 4) is 5.75 Å². The molecule has 1 saturated carbocycles. The number of anilines is 1. The number of hydrogen-bond acceptors (Lipinski definition) is 3. The molecule has 1 aliphatic carbocycles. The van der Waals surface area contributed by atoms with Crippen LogP contribution in [0.4, 0.5) is 5.82 Å². The minimum absolute atomic E-state index is 0.232. The van der Waals surface area contributed by atoms with Crippen LogP contribution >= 0.6 is 23.8 Å². The number of pyridine rings is 1. The van der Waals surface area contributed by atoms with Gasteiger partial charge in [0.05, 0.1) is 12.6 Å². The van der Waals surface area contributed by atoms with Crippen LogP contribution in [0.2, 0.25) is 5.02 Å². The van der Waals surface area contributed by atoms with E-state index in [4.69, 9.17) is 28.6 Å². The van der Waals surface area contributed by atoms with Gasteiger partial charge in [0.15, 0.2) is 16.7 Å². The highest BCUT2D eigenvalue weighted by molar-refractivity contribution is 7.80. The number of methoxy groups -OCH3 is 1. The van der Waals surface area contributed by atoms with E-state index in [0.29, 0.717) is 16.7 Å². The molecule has 1 aromatic heterocycles. The number of benzene rings is 1. The Morgan fingerprint density at radius 2 is 1.96 bits per heavy atom. The van der Waals surface area contributed by atoms with E-state index in [1.54, 1.807) is 13.3 Å². The minimum atomic E-state index is -0.232. The fourth-order valence-corrected chi connectivity index (χ4v) is 3.90. The molecule has 1 aromatic carbocycles. The van der Waals surface area contributed by atoms with Gasteiger partial charge in [-0.3, -0.25) is 0 Å². The molecular weight excluding hydrogens is 342 g/mol. The van der Waals surface area contributed by atoms with Crippen molar-refractivity contribution in [3.05, 3.63) is 53.2 Å². The average molecular weight is 362 g/mol. The Kier molecular flexibility index (Phi) is 5.21. The van der Waals surface area contributed by atoms with E-state index in [2.05, 4.69) is 21.7 Å². The molecule has 6 heteroatoms. The first kappa shape index (κ1) is 17.0. The van der Waals surface area contributed by atoms with E-state index in [9.17, 15) is 0 Å². The van der Waals surface area contributed by atoms with E-state index in [1.165, 1.54) is 0 Å². The summed E-state index contributed by atoms with van der Waals surface area (Å²) in [5, 5.41) is 7.92. The summed E-state index contributed by atoms with van der Waals surface area (Å²) in [6.07, 6.45) is 5.99. The van der Waals surface area contributed by atoms with Crippen LogP contribution in [0.25, 0.3) is 0 Å². The van der Waals surface area contributed by atoms with Gasteiger partial charge >= 0.3 is 0 Å². The summed E-state index contributed by atoms with van der Waals surface area (Å²) >= 11 is 12.0. The maximum absolute atomic E-state index is 6.45. The summed E-state index contributed by atoms with van der Waals surface area (Å²) in [4.78, 5) is 4.29. The third-order valence-electron chi connectivity index (χ3n) is 4.42. The number of nitrogens with one attached hydrogen (secondary N) is 2. The maximum atomic E-state index is 6.45. The van der Waals surface area contributed by atoms with Gasteiger partial charge in [0.2, 0.25) is 0 Å². The van der Waals surface area contributed by atoms with Crippen LogP contribution in [0.15, 0.2) is 42.6 Å². The van der Waals surface area contributed by atoms with Crippen molar-refractivity contribution in [2.45, 2.75) is 31.2 Å². The van der Waals surface area contributed by atoms with Crippen LogP contribution in [0.1, 0.15) is 31.2 Å². The summed E-state index contributed by atoms with van der Waals surface area (Å²) < 4.78 is 5.31. The Morgan fingerprint density at radius 3 is 2.67 bits per heavy atom.